The summed E-state index contributed by atoms with van der Waals surface area (Å²) in [6.45, 7) is 10.1. The second kappa shape index (κ2) is 8.03. The molecule has 1 heterocycles. The fourth-order valence-corrected chi connectivity index (χ4v) is 1.73. The van der Waals surface area contributed by atoms with Crippen molar-refractivity contribution in [3.63, 3.8) is 0 Å². The molecule has 0 saturated carbocycles. The molecule has 0 aliphatic heterocycles. The Kier molecular flexibility index (Phi) is 6.65. The van der Waals surface area contributed by atoms with Gasteiger partial charge in [-0.05, 0) is 25.7 Å². The summed E-state index contributed by atoms with van der Waals surface area (Å²) < 4.78 is 5.74. The highest BCUT2D eigenvalue weighted by atomic mass is 16.5. The maximum atomic E-state index is 5.74. The molecule has 102 valence electrons. The fourth-order valence-electron chi connectivity index (χ4n) is 1.73. The predicted octanol–water partition coefficient (Wildman–Crippen LogP) is 3.25. The first-order valence-corrected chi connectivity index (χ1v) is 6.78. The van der Waals surface area contributed by atoms with Crippen molar-refractivity contribution in [3.8, 4) is 0 Å². The summed E-state index contributed by atoms with van der Waals surface area (Å²) in [7, 11) is 0. The number of hydrogen-bond acceptors (Lipinski definition) is 4. The fraction of sp³-hybridized carbons (Fsp3) is 0.714. The molecule has 0 bridgehead atoms. The van der Waals surface area contributed by atoms with Crippen LogP contribution >= 0.6 is 0 Å². The summed E-state index contributed by atoms with van der Waals surface area (Å²) >= 11 is 0. The molecule has 0 aliphatic carbocycles. The van der Waals surface area contributed by atoms with E-state index in [9.17, 15) is 0 Å². The van der Waals surface area contributed by atoms with E-state index in [0.29, 0.717) is 12.5 Å². The van der Waals surface area contributed by atoms with Crippen LogP contribution in [0.25, 0.3) is 0 Å². The third-order valence-electron chi connectivity index (χ3n) is 2.58. The molecule has 1 rings (SSSR count). The van der Waals surface area contributed by atoms with Crippen molar-refractivity contribution in [3.05, 3.63) is 18.1 Å². The first-order valence-electron chi connectivity index (χ1n) is 6.78. The number of anilines is 1. The molecule has 0 aromatic carbocycles. The van der Waals surface area contributed by atoms with Gasteiger partial charge in [0.1, 0.15) is 5.82 Å². The summed E-state index contributed by atoms with van der Waals surface area (Å²) in [5.74, 6) is 1.49. The third-order valence-corrected chi connectivity index (χ3v) is 2.58. The molecule has 4 nitrogen and oxygen atoms in total. The first-order chi connectivity index (χ1) is 8.61. The van der Waals surface area contributed by atoms with Gasteiger partial charge in [0, 0.05) is 6.54 Å². The Morgan fingerprint density at radius 3 is 2.56 bits per heavy atom. The minimum Gasteiger partial charge on any atom is -0.372 e. The summed E-state index contributed by atoms with van der Waals surface area (Å²) in [6.07, 6.45) is 5.97. The smallest absolute Gasteiger partial charge is 0.144 e. The Morgan fingerprint density at radius 2 is 2.00 bits per heavy atom. The number of hydrogen-bond donors (Lipinski definition) is 1. The quantitative estimate of drug-likeness (QED) is 0.770. The number of aromatic nitrogens is 2. The van der Waals surface area contributed by atoms with E-state index in [-0.39, 0.29) is 6.10 Å². The lowest BCUT2D eigenvalue weighted by Crippen LogP contribution is -2.12. The van der Waals surface area contributed by atoms with Crippen molar-refractivity contribution < 1.29 is 4.74 Å². The zero-order valence-electron chi connectivity index (χ0n) is 11.9. The van der Waals surface area contributed by atoms with Crippen LogP contribution < -0.4 is 5.32 Å². The van der Waals surface area contributed by atoms with Crippen molar-refractivity contribution in [1.29, 1.82) is 0 Å². The molecule has 0 radical (unpaired) electrons. The standard InChI is InChI=1S/C14H25N3O/c1-5-6-15-14-9-16-13(8-17-14)10-18-12(4)7-11(2)3/h8-9,11-12H,5-7,10H2,1-4H3,(H,15,17). The molecule has 1 unspecified atom stereocenters. The monoisotopic (exact) mass is 251 g/mol. The van der Waals surface area contributed by atoms with Crippen LogP contribution in [0.5, 0.6) is 0 Å². The second-order valence-corrected chi connectivity index (χ2v) is 5.07. The van der Waals surface area contributed by atoms with E-state index in [0.717, 1.165) is 30.9 Å². The van der Waals surface area contributed by atoms with Gasteiger partial charge >= 0.3 is 0 Å². The zero-order chi connectivity index (χ0) is 13.4. The summed E-state index contributed by atoms with van der Waals surface area (Å²) in [6, 6.07) is 0. The van der Waals surface area contributed by atoms with E-state index < -0.39 is 0 Å². The van der Waals surface area contributed by atoms with Gasteiger partial charge in [0.2, 0.25) is 0 Å². The lowest BCUT2D eigenvalue weighted by atomic mass is 10.1. The Balaban J connectivity index is 2.34. The molecule has 0 amide bonds. The summed E-state index contributed by atoms with van der Waals surface area (Å²) in [5.41, 5.74) is 0.882. The van der Waals surface area contributed by atoms with Crippen LogP contribution in [0.15, 0.2) is 12.4 Å². The average molecular weight is 251 g/mol. The zero-order valence-corrected chi connectivity index (χ0v) is 11.9. The molecule has 1 atom stereocenters. The van der Waals surface area contributed by atoms with Gasteiger partial charge in [-0.3, -0.25) is 4.98 Å². The molecule has 1 aromatic heterocycles. The topological polar surface area (TPSA) is 47.0 Å². The number of rotatable bonds is 8. The summed E-state index contributed by atoms with van der Waals surface area (Å²) in [4.78, 5) is 8.63. The Labute approximate surface area is 110 Å². The van der Waals surface area contributed by atoms with Crippen LogP contribution in [0.4, 0.5) is 5.82 Å². The molecule has 0 saturated heterocycles. The first kappa shape index (κ1) is 14.9. The van der Waals surface area contributed by atoms with Crippen LogP contribution in [0.3, 0.4) is 0 Å². The Bertz CT molecular complexity index is 324. The van der Waals surface area contributed by atoms with E-state index in [1.807, 2.05) is 0 Å². The van der Waals surface area contributed by atoms with E-state index in [1.54, 1.807) is 12.4 Å². The van der Waals surface area contributed by atoms with Crippen LogP contribution in [-0.2, 0) is 11.3 Å². The molecule has 4 heteroatoms. The highest BCUT2D eigenvalue weighted by Gasteiger charge is 2.06. The van der Waals surface area contributed by atoms with E-state index >= 15 is 0 Å². The Morgan fingerprint density at radius 1 is 1.22 bits per heavy atom. The van der Waals surface area contributed by atoms with Gasteiger partial charge in [-0.2, -0.15) is 0 Å². The van der Waals surface area contributed by atoms with E-state index in [4.69, 9.17) is 4.74 Å². The number of nitrogens with one attached hydrogen (secondary N) is 1. The number of ether oxygens (including phenoxy) is 1. The van der Waals surface area contributed by atoms with Crippen LogP contribution in [0.2, 0.25) is 0 Å². The van der Waals surface area contributed by atoms with E-state index in [1.165, 1.54) is 0 Å². The maximum absolute atomic E-state index is 5.74. The highest BCUT2D eigenvalue weighted by Crippen LogP contribution is 2.10. The van der Waals surface area contributed by atoms with Crippen molar-refractivity contribution >= 4 is 5.82 Å². The molecule has 0 aliphatic rings. The summed E-state index contributed by atoms with van der Waals surface area (Å²) in [5, 5.41) is 3.20. The van der Waals surface area contributed by atoms with Crippen molar-refractivity contribution in [2.75, 3.05) is 11.9 Å². The van der Waals surface area contributed by atoms with Gasteiger partial charge < -0.3 is 10.1 Å². The number of nitrogens with zero attached hydrogens (tertiary/aromatic N) is 2. The van der Waals surface area contributed by atoms with Crippen LogP contribution in [0.1, 0.15) is 46.2 Å². The van der Waals surface area contributed by atoms with E-state index in [2.05, 4.69) is 43.0 Å². The Hall–Kier alpha value is -1.16. The predicted molar refractivity (Wildman–Crippen MR) is 74.5 cm³/mol. The minimum absolute atomic E-state index is 0.268. The highest BCUT2D eigenvalue weighted by molar-refractivity contribution is 5.30. The molecular formula is C14H25N3O. The SMILES string of the molecule is CCCNc1cnc(COC(C)CC(C)C)cn1. The normalized spacial score (nSPS) is 12.7. The average Bonchev–Trinajstić information content (AvgIpc) is 2.34. The maximum Gasteiger partial charge on any atom is 0.144 e. The molecule has 18 heavy (non-hydrogen) atoms. The molecule has 0 spiro atoms. The minimum atomic E-state index is 0.268. The second-order valence-electron chi connectivity index (χ2n) is 5.07. The van der Waals surface area contributed by atoms with Gasteiger partial charge in [-0.25, -0.2) is 4.98 Å². The molecule has 1 N–H and O–H groups in total. The lowest BCUT2D eigenvalue weighted by Gasteiger charge is -2.14. The largest absolute Gasteiger partial charge is 0.372 e. The van der Waals surface area contributed by atoms with Crippen LogP contribution in [-0.4, -0.2) is 22.6 Å². The molecule has 1 aromatic rings. The van der Waals surface area contributed by atoms with Crippen molar-refractivity contribution in [2.24, 2.45) is 5.92 Å². The third kappa shape index (κ3) is 5.96. The molecule has 0 fully saturated rings. The van der Waals surface area contributed by atoms with Gasteiger partial charge in [0.05, 0.1) is 30.8 Å². The molecular weight excluding hydrogens is 226 g/mol. The van der Waals surface area contributed by atoms with Gasteiger partial charge in [0.15, 0.2) is 0 Å². The lowest BCUT2D eigenvalue weighted by molar-refractivity contribution is 0.0377. The van der Waals surface area contributed by atoms with Gasteiger partial charge in [-0.15, -0.1) is 0 Å². The van der Waals surface area contributed by atoms with Gasteiger partial charge in [-0.1, -0.05) is 20.8 Å². The van der Waals surface area contributed by atoms with Crippen molar-refractivity contribution in [1.82, 2.24) is 9.97 Å². The van der Waals surface area contributed by atoms with Crippen molar-refractivity contribution in [2.45, 2.75) is 53.2 Å². The van der Waals surface area contributed by atoms with Gasteiger partial charge in [0.25, 0.3) is 0 Å². The van der Waals surface area contributed by atoms with Crippen LogP contribution in [0, 0.1) is 5.92 Å².